The van der Waals surface area contributed by atoms with Gasteiger partial charge in [-0.1, -0.05) is 26.0 Å². The minimum Gasteiger partial charge on any atom is -0.454 e. The molecule has 2 N–H and O–H groups in total. The van der Waals surface area contributed by atoms with Crippen molar-refractivity contribution >= 4 is 27.7 Å². The number of sulfonamides is 1. The smallest absolute Gasteiger partial charge is 0.328 e. The summed E-state index contributed by atoms with van der Waals surface area (Å²) >= 11 is 0. The minimum absolute atomic E-state index is 0.0452. The van der Waals surface area contributed by atoms with Gasteiger partial charge in [-0.05, 0) is 25.0 Å². The molecule has 0 bridgehead atoms. The van der Waals surface area contributed by atoms with Crippen LogP contribution in [-0.4, -0.2) is 44.8 Å². The van der Waals surface area contributed by atoms with Gasteiger partial charge in [0.1, 0.15) is 17.9 Å². The Bertz CT molecular complexity index is 933. The number of hydrogen-bond acceptors (Lipinski definition) is 7. The first-order valence-corrected chi connectivity index (χ1v) is 9.62. The predicted octanol–water partition coefficient (Wildman–Crippen LogP) is 0.323. The van der Waals surface area contributed by atoms with Crippen molar-refractivity contribution in [1.82, 2.24) is 10.0 Å². The molecule has 1 heterocycles. The number of amides is 1. The number of ether oxygens (including phenoxy) is 1. The average Bonchev–Trinajstić information content (AvgIpc) is 2.89. The van der Waals surface area contributed by atoms with Crippen LogP contribution in [0.15, 0.2) is 34.2 Å². The molecule has 0 unspecified atom stereocenters. The van der Waals surface area contributed by atoms with E-state index in [-0.39, 0.29) is 16.6 Å². The van der Waals surface area contributed by atoms with Crippen molar-refractivity contribution in [1.29, 1.82) is 5.26 Å². The van der Waals surface area contributed by atoms with Crippen molar-refractivity contribution in [2.45, 2.75) is 31.2 Å². The molecule has 144 valence electrons. The summed E-state index contributed by atoms with van der Waals surface area (Å²) in [5, 5.41) is 11.7. The third kappa shape index (κ3) is 4.62. The summed E-state index contributed by atoms with van der Waals surface area (Å²) in [5.41, 5.74) is -0.708. The van der Waals surface area contributed by atoms with Gasteiger partial charge < -0.3 is 10.1 Å². The summed E-state index contributed by atoms with van der Waals surface area (Å²) in [4.78, 5) is 27.7. The Kier molecular flexibility index (Phi) is 5.85. The van der Waals surface area contributed by atoms with Crippen LogP contribution in [0.2, 0.25) is 0 Å². The Balaban J connectivity index is 1.93. The molecular weight excluding hydrogens is 372 g/mol. The molecule has 0 saturated heterocycles. The number of fused-ring (bicyclic) bond motifs is 1. The van der Waals surface area contributed by atoms with Gasteiger partial charge in [-0.15, -0.1) is 0 Å². The van der Waals surface area contributed by atoms with Gasteiger partial charge in [-0.3, -0.25) is 19.3 Å². The maximum atomic E-state index is 12.0. The summed E-state index contributed by atoms with van der Waals surface area (Å²) in [6.45, 7) is 4.13. The first-order valence-electron chi connectivity index (χ1n) is 8.13. The molecule has 1 atom stereocenters. The molecule has 0 saturated carbocycles. The molecule has 1 amide bonds. The second kappa shape index (κ2) is 7.75. The fraction of sp³-hybridized carbons (Fsp3) is 0.412. The van der Waals surface area contributed by atoms with Crippen LogP contribution in [0.3, 0.4) is 0 Å². The lowest BCUT2D eigenvalue weighted by atomic mass is 9.90. The van der Waals surface area contributed by atoms with Crippen LogP contribution in [0.25, 0.3) is 0 Å². The molecule has 0 fully saturated rings. The number of hydrogen-bond donors (Lipinski definition) is 2. The summed E-state index contributed by atoms with van der Waals surface area (Å²) in [6, 6.07) is 8.26. The Labute approximate surface area is 157 Å². The van der Waals surface area contributed by atoms with Crippen LogP contribution >= 0.6 is 0 Å². The van der Waals surface area contributed by atoms with E-state index in [1.165, 1.54) is 6.07 Å². The summed E-state index contributed by atoms with van der Waals surface area (Å²) in [7, 11) is -3.69. The van der Waals surface area contributed by atoms with Gasteiger partial charge in [0.15, 0.2) is 6.61 Å². The summed E-state index contributed by atoms with van der Waals surface area (Å²) in [5.74, 6) is -1.50. The number of aliphatic imine (C=N–C) groups is 1. The number of nitrogens with zero attached hydrogens (tertiary/aromatic N) is 2. The number of esters is 1. The lowest BCUT2D eigenvalue weighted by Crippen LogP contribution is -2.50. The molecule has 0 spiro atoms. The fourth-order valence-electron chi connectivity index (χ4n) is 2.21. The van der Waals surface area contributed by atoms with Gasteiger partial charge in [0.05, 0.1) is 11.0 Å². The highest BCUT2D eigenvalue weighted by atomic mass is 32.2. The van der Waals surface area contributed by atoms with Crippen LogP contribution in [-0.2, 0) is 24.3 Å². The highest BCUT2D eigenvalue weighted by Crippen LogP contribution is 2.22. The quantitative estimate of drug-likeness (QED) is 0.669. The van der Waals surface area contributed by atoms with Crippen molar-refractivity contribution in [2.75, 3.05) is 13.2 Å². The van der Waals surface area contributed by atoms with Crippen molar-refractivity contribution in [3.63, 3.8) is 0 Å². The zero-order valence-electron chi connectivity index (χ0n) is 15.1. The highest BCUT2D eigenvalue weighted by Gasteiger charge is 2.31. The zero-order valence-corrected chi connectivity index (χ0v) is 16.0. The number of nitrogens with one attached hydrogen (secondary N) is 2. The summed E-state index contributed by atoms with van der Waals surface area (Å²) in [6.07, 6.45) is 0. The second-order valence-electron chi connectivity index (χ2n) is 6.44. The van der Waals surface area contributed by atoms with Crippen molar-refractivity contribution in [2.24, 2.45) is 10.9 Å². The van der Waals surface area contributed by atoms with E-state index in [0.717, 1.165) is 0 Å². The van der Waals surface area contributed by atoms with Crippen LogP contribution < -0.4 is 10.0 Å². The molecular formula is C17H20N4O5S. The number of amidine groups is 1. The third-order valence-electron chi connectivity index (χ3n) is 4.18. The van der Waals surface area contributed by atoms with Crippen molar-refractivity contribution in [3.05, 3.63) is 29.8 Å². The molecule has 27 heavy (non-hydrogen) atoms. The van der Waals surface area contributed by atoms with Gasteiger partial charge >= 0.3 is 5.97 Å². The Morgan fingerprint density at radius 2 is 2.04 bits per heavy atom. The largest absolute Gasteiger partial charge is 0.454 e. The monoisotopic (exact) mass is 392 g/mol. The topological polar surface area (TPSA) is 138 Å². The molecule has 1 aliphatic heterocycles. The first-order chi connectivity index (χ1) is 12.6. The van der Waals surface area contributed by atoms with Gasteiger partial charge in [0, 0.05) is 5.56 Å². The fourth-order valence-corrected chi connectivity index (χ4v) is 3.46. The molecule has 9 nitrogen and oxygen atoms in total. The number of rotatable bonds is 6. The number of carbonyl (C=O) groups excluding carboxylic acids is 2. The maximum absolute atomic E-state index is 12.0. The van der Waals surface area contributed by atoms with Gasteiger partial charge in [0.2, 0.25) is 0 Å². The van der Waals surface area contributed by atoms with Crippen molar-refractivity contribution < 1.29 is 22.7 Å². The molecule has 0 radical (unpaired) electrons. The van der Waals surface area contributed by atoms with Crippen LogP contribution in [0.5, 0.6) is 0 Å². The van der Waals surface area contributed by atoms with E-state index in [9.17, 15) is 18.0 Å². The SMILES string of the molecule is CC(C)[C@@](C)(C#N)NC(=O)COC(=O)CN=C1NS(=O)(=O)c2ccccc21. The first kappa shape index (κ1) is 20.4. The normalized spacial score (nSPS) is 18.1. The number of carbonyl (C=O) groups is 2. The van der Waals surface area contributed by atoms with E-state index in [0.29, 0.717) is 5.56 Å². The van der Waals surface area contributed by atoms with Gasteiger partial charge in [-0.2, -0.15) is 5.26 Å². The van der Waals surface area contributed by atoms with Crippen LogP contribution in [0.1, 0.15) is 26.3 Å². The predicted molar refractivity (Wildman–Crippen MR) is 96.1 cm³/mol. The van der Waals surface area contributed by atoms with Gasteiger partial charge in [0.25, 0.3) is 15.9 Å². The number of nitriles is 1. The van der Waals surface area contributed by atoms with E-state index < -0.39 is 40.6 Å². The van der Waals surface area contributed by atoms with Crippen LogP contribution in [0.4, 0.5) is 0 Å². The second-order valence-corrected chi connectivity index (χ2v) is 8.10. The van der Waals surface area contributed by atoms with E-state index in [2.05, 4.69) is 15.0 Å². The van der Waals surface area contributed by atoms with Gasteiger partial charge in [-0.25, -0.2) is 8.42 Å². The maximum Gasteiger partial charge on any atom is 0.328 e. The van der Waals surface area contributed by atoms with Crippen molar-refractivity contribution in [3.8, 4) is 6.07 Å². The molecule has 2 rings (SSSR count). The molecule has 0 aromatic heterocycles. The average molecular weight is 392 g/mol. The van der Waals surface area contributed by atoms with E-state index in [1.807, 2.05) is 6.07 Å². The molecule has 1 aliphatic rings. The zero-order chi connectivity index (χ0) is 20.2. The van der Waals surface area contributed by atoms with E-state index in [4.69, 9.17) is 10.00 Å². The summed E-state index contributed by atoms with van der Waals surface area (Å²) < 4.78 is 31.0. The minimum atomic E-state index is -3.69. The lowest BCUT2D eigenvalue weighted by Gasteiger charge is -2.27. The lowest BCUT2D eigenvalue weighted by molar-refractivity contribution is -0.147. The van der Waals surface area contributed by atoms with E-state index >= 15 is 0 Å². The molecule has 0 aliphatic carbocycles. The Morgan fingerprint density at radius 1 is 1.37 bits per heavy atom. The Morgan fingerprint density at radius 3 is 2.67 bits per heavy atom. The van der Waals surface area contributed by atoms with Crippen LogP contribution in [0, 0.1) is 17.2 Å². The molecule has 1 aromatic rings. The van der Waals surface area contributed by atoms with E-state index in [1.54, 1.807) is 39.0 Å². The standard InChI is InChI=1S/C17H20N4O5S/c1-11(2)17(3,10-18)20-14(22)9-26-15(23)8-19-16-12-6-4-5-7-13(12)27(24,25)21-16/h4-7,11H,8-9H2,1-3H3,(H,19,21)(H,20,22)/t17-/m1/s1. The number of benzene rings is 1. The third-order valence-corrected chi connectivity index (χ3v) is 5.58. The molecule has 1 aromatic carbocycles. The highest BCUT2D eigenvalue weighted by molar-refractivity contribution is 7.90. The Hall–Kier alpha value is -2.93. The molecule has 10 heteroatoms.